The third-order valence-corrected chi connectivity index (χ3v) is 5.13. The van der Waals surface area contributed by atoms with Crippen molar-refractivity contribution in [2.24, 2.45) is 4.99 Å². The molecule has 1 aromatic carbocycles. The summed E-state index contributed by atoms with van der Waals surface area (Å²) in [4.78, 5) is 4.33. The van der Waals surface area contributed by atoms with Crippen LogP contribution in [-0.4, -0.2) is 27.9 Å². The zero-order chi connectivity index (χ0) is 20.6. The van der Waals surface area contributed by atoms with E-state index in [-0.39, 0.29) is 6.04 Å². The minimum absolute atomic E-state index is 0.0755. The molecule has 29 heavy (non-hydrogen) atoms. The zero-order valence-electron chi connectivity index (χ0n) is 17.6. The predicted octanol–water partition coefficient (Wildman–Crippen LogP) is 4.19. The standard InChI is InChI=1S/C22H30N6O/c1-5-17(6-2)21-14-20(29-27-21)15-24-22(23-4)26-16(3)18-9-7-10-19(13-18)28-12-8-11-25-28/h7-14,16-17H,5-6,15H2,1-4H3,(H2,23,24,26). The van der Waals surface area contributed by atoms with Crippen LogP contribution in [0.2, 0.25) is 0 Å². The Hall–Kier alpha value is -3.09. The van der Waals surface area contributed by atoms with Gasteiger partial charge in [0.2, 0.25) is 0 Å². The summed E-state index contributed by atoms with van der Waals surface area (Å²) < 4.78 is 7.34. The van der Waals surface area contributed by atoms with Crippen molar-refractivity contribution in [3.8, 4) is 5.69 Å². The molecule has 1 unspecified atom stereocenters. The summed E-state index contributed by atoms with van der Waals surface area (Å²) in [5, 5.41) is 15.2. The van der Waals surface area contributed by atoms with Gasteiger partial charge in [0.1, 0.15) is 0 Å². The Morgan fingerprint density at radius 2 is 2.03 bits per heavy atom. The van der Waals surface area contributed by atoms with Gasteiger partial charge in [-0.2, -0.15) is 5.10 Å². The van der Waals surface area contributed by atoms with E-state index in [9.17, 15) is 0 Å². The third kappa shape index (κ3) is 5.25. The minimum atomic E-state index is 0.0755. The van der Waals surface area contributed by atoms with Gasteiger partial charge in [-0.15, -0.1) is 0 Å². The Balaban J connectivity index is 1.59. The number of rotatable bonds is 8. The van der Waals surface area contributed by atoms with Gasteiger partial charge in [0.05, 0.1) is 24.0 Å². The molecule has 0 radical (unpaired) electrons. The summed E-state index contributed by atoms with van der Waals surface area (Å²) in [6.45, 7) is 6.99. The number of benzene rings is 1. The third-order valence-electron chi connectivity index (χ3n) is 5.13. The Kier molecular flexibility index (Phi) is 7.05. The van der Waals surface area contributed by atoms with Crippen LogP contribution in [0.25, 0.3) is 5.69 Å². The van der Waals surface area contributed by atoms with Gasteiger partial charge in [0.15, 0.2) is 11.7 Å². The van der Waals surface area contributed by atoms with Gasteiger partial charge in [-0.25, -0.2) is 4.68 Å². The number of nitrogens with zero attached hydrogens (tertiary/aromatic N) is 4. The molecule has 0 bridgehead atoms. The van der Waals surface area contributed by atoms with Crippen molar-refractivity contribution < 1.29 is 4.52 Å². The molecule has 0 fully saturated rings. The quantitative estimate of drug-likeness (QED) is 0.442. The van der Waals surface area contributed by atoms with Crippen LogP contribution in [0.1, 0.15) is 62.6 Å². The molecule has 0 saturated carbocycles. The molecule has 3 rings (SSSR count). The van der Waals surface area contributed by atoms with Gasteiger partial charge in [-0.05, 0) is 43.5 Å². The lowest BCUT2D eigenvalue weighted by atomic mass is 9.99. The van der Waals surface area contributed by atoms with E-state index in [0.717, 1.165) is 35.5 Å². The fraction of sp³-hybridized carbons (Fsp3) is 0.409. The van der Waals surface area contributed by atoms with E-state index < -0.39 is 0 Å². The van der Waals surface area contributed by atoms with Crippen molar-refractivity contribution in [2.45, 2.75) is 52.1 Å². The average molecular weight is 395 g/mol. The van der Waals surface area contributed by atoms with Gasteiger partial charge >= 0.3 is 0 Å². The van der Waals surface area contributed by atoms with Gasteiger partial charge < -0.3 is 15.2 Å². The molecular weight excluding hydrogens is 364 g/mol. The Morgan fingerprint density at radius 3 is 2.72 bits per heavy atom. The Labute approximate surface area is 172 Å². The minimum Gasteiger partial charge on any atom is -0.359 e. The number of guanidine groups is 1. The molecule has 2 N–H and O–H groups in total. The van der Waals surface area contributed by atoms with Crippen LogP contribution in [0.15, 0.2) is 58.3 Å². The van der Waals surface area contributed by atoms with Crippen LogP contribution in [0.3, 0.4) is 0 Å². The van der Waals surface area contributed by atoms with Crippen molar-refractivity contribution in [2.75, 3.05) is 7.05 Å². The summed E-state index contributed by atoms with van der Waals surface area (Å²) in [5.74, 6) is 1.97. The number of aromatic nitrogens is 3. The van der Waals surface area contributed by atoms with E-state index in [1.165, 1.54) is 0 Å². The van der Waals surface area contributed by atoms with Crippen molar-refractivity contribution in [3.63, 3.8) is 0 Å². The molecule has 1 atom stereocenters. The maximum atomic E-state index is 5.49. The van der Waals surface area contributed by atoms with Crippen LogP contribution in [0.5, 0.6) is 0 Å². The van der Waals surface area contributed by atoms with Gasteiger partial charge in [-0.1, -0.05) is 31.1 Å². The highest BCUT2D eigenvalue weighted by molar-refractivity contribution is 5.80. The summed E-state index contributed by atoms with van der Waals surface area (Å²) in [6.07, 6.45) is 5.84. The molecule has 2 aromatic heterocycles. The van der Waals surface area contributed by atoms with Gasteiger partial charge in [0, 0.05) is 31.4 Å². The summed E-state index contributed by atoms with van der Waals surface area (Å²) >= 11 is 0. The SMILES string of the molecule is CCC(CC)c1cc(CNC(=NC)NC(C)c2cccc(-n3cccn3)c2)on1. The van der Waals surface area contributed by atoms with Crippen LogP contribution in [0, 0.1) is 0 Å². The molecule has 154 valence electrons. The van der Waals surface area contributed by atoms with Crippen LogP contribution in [0.4, 0.5) is 0 Å². The lowest BCUT2D eigenvalue weighted by Crippen LogP contribution is -2.38. The maximum Gasteiger partial charge on any atom is 0.191 e. The van der Waals surface area contributed by atoms with E-state index in [0.29, 0.717) is 18.4 Å². The van der Waals surface area contributed by atoms with Crippen LogP contribution >= 0.6 is 0 Å². The summed E-state index contributed by atoms with van der Waals surface area (Å²) in [6, 6.07) is 12.3. The first kappa shape index (κ1) is 20.6. The Morgan fingerprint density at radius 1 is 1.21 bits per heavy atom. The number of hydrogen-bond acceptors (Lipinski definition) is 4. The van der Waals surface area contributed by atoms with Crippen molar-refractivity contribution in [1.29, 1.82) is 0 Å². The lowest BCUT2D eigenvalue weighted by Gasteiger charge is -2.18. The maximum absolute atomic E-state index is 5.49. The van der Waals surface area contributed by atoms with Crippen LogP contribution < -0.4 is 10.6 Å². The molecule has 0 spiro atoms. The highest BCUT2D eigenvalue weighted by Gasteiger charge is 2.14. The molecule has 0 aliphatic carbocycles. The molecule has 0 amide bonds. The fourth-order valence-electron chi connectivity index (χ4n) is 3.32. The van der Waals surface area contributed by atoms with Gasteiger partial charge in [0.25, 0.3) is 0 Å². The molecular formula is C22H30N6O. The first-order valence-corrected chi connectivity index (χ1v) is 10.2. The molecule has 0 aliphatic heterocycles. The largest absolute Gasteiger partial charge is 0.359 e. The van der Waals surface area contributed by atoms with Crippen molar-refractivity contribution in [3.05, 3.63) is 65.8 Å². The topological polar surface area (TPSA) is 80.3 Å². The highest BCUT2D eigenvalue weighted by Crippen LogP contribution is 2.22. The molecule has 0 aliphatic rings. The number of aliphatic imine (C=N–C) groups is 1. The lowest BCUT2D eigenvalue weighted by molar-refractivity contribution is 0.368. The summed E-state index contributed by atoms with van der Waals surface area (Å²) in [7, 11) is 1.76. The molecule has 3 aromatic rings. The van der Waals surface area contributed by atoms with Crippen molar-refractivity contribution >= 4 is 5.96 Å². The highest BCUT2D eigenvalue weighted by atomic mass is 16.5. The van der Waals surface area contributed by atoms with E-state index in [2.05, 4.69) is 58.8 Å². The molecule has 7 nitrogen and oxygen atoms in total. The van der Waals surface area contributed by atoms with E-state index in [1.807, 2.05) is 35.1 Å². The van der Waals surface area contributed by atoms with Crippen LogP contribution in [-0.2, 0) is 6.54 Å². The predicted molar refractivity (Wildman–Crippen MR) is 115 cm³/mol. The molecule has 0 saturated heterocycles. The average Bonchev–Trinajstić information content (AvgIpc) is 3.44. The Bertz CT molecular complexity index is 911. The first-order valence-electron chi connectivity index (χ1n) is 10.2. The smallest absolute Gasteiger partial charge is 0.191 e. The van der Waals surface area contributed by atoms with Gasteiger partial charge in [-0.3, -0.25) is 4.99 Å². The zero-order valence-corrected chi connectivity index (χ0v) is 17.6. The monoisotopic (exact) mass is 394 g/mol. The second-order valence-corrected chi connectivity index (χ2v) is 7.07. The molecule has 7 heteroatoms. The number of nitrogens with one attached hydrogen (secondary N) is 2. The van der Waals surface area contributed by atoms with E-state index >= 15 is 0 Å². The summed E-state index contributed by atoms with van der Waals surface area (Å²) in [5.41, 5.74) is 3.20. The first-order chi connectivity index (χ1) is 14.1. The number of hydrogen-bond donors (Lipinski definition) is 2. The van der Waals surface area contributed by atoms with Crippen molar-refractivity contribution in [1.82, 2.24) is 25.6 Å². The second kappa shape index (κ2) is 9.91. The van der Waals surface area contributed by atoms with E-state index in [1.54, 1.807) is 13.2 Å². The normalized spacial score (nSPS) is 12.9. The fourth-order valence-corrected chi connectivity index (χ4v) is 3.32. The molecule has 2 heterocycles. The van der Waals surface area contributed by atoms with E-state index in [4.69, 9.17) is 4.52 Å². The second-order valence-electron chi connectivity index (χ2n) is 7.07.